The van der Waals surface area contributed by atoms with Crippen molar-refractivity contribution in [2.75, 3.05) is 24.5 Å². The topological polar surface area (TPSA) is 60.9 Å². The van der Waals surface area contributed by atoms with Gasteiger partial charge < -0.3 is 10.0 Å². The number of carbonyl (C=O) groups is 2. The maximum Gasteiger partial charge on any atom is 0.311 e. The number of rotatable bonds is 3. The molecule has 5 nitrogen and oxygen atoms in total. The van der Waals surface area contributed by atoms with Crippen LogP contribution < -0.4 is 4.90 Å². The number of benzene rings is 1. The molecule has 3 atom stereocenters. The van der Waals surface area contributed by atoms with E-state index in [0.29, 0.717) is 25.9 Å². The van der Waals surface area contributed by atoms with Gasteiger partial charge in [0, 0.05) is 19.6 Å². The van der Waals surface area contributed by atoms with Gasteiger partial charge in [0.1, 0.15) is 17.3 Å². The largest absolute Gasteiger partial charge is 0.481 e. The Hall–Kier alpha value is -2.02. The van der Waals surface area contributed by atoms with Crippen LogP contribution in [-0.4, -0.2) is 47.6 Å². The van der Waals surface area contributed by atoms with Gasteiger partial charge in [-0.3, -0.25) is 14.5 Å². The number of carboxylic acids is 1. The molecule has 0 aromatic heterocycles. The second kappa shape index (κ2) is 5.76. The van der Waals surface area contributed by atoms with E-state index in [0.717, 1.165) is 29.9 Å². The number of aliphatic carboxylic acids is 1. The van der Waals surface area contributed by atoms with Crippen molar-refractivity contribution in [3.05, 3.63) is 29.8 Å². The van der Waals surface area contributed by atoms with E-state index in [9.17, 15) is 23.5 Å². The molecular formula is C18H20F2N2O3. The third-order valence-electron chi connectivity index (χ3n) is 6.15. The molecule has 1 amide bonds. The highest BCUT2D eigenvalue weighted by Gasteiger charge is 2.57. The summed E-state index contributed by atoms with van der Waals surface area (Å²) in [6.07, 6.45) is 2.84. The van der Waals surface area contributed by atoms with Gasteiger partial charge in [-0.1, -0.05) is 12.5 Å². The summed E-state index contributed by atoms with van der Waals surface area (Å²) < 4.78 is 28.0. The quantitative estimate of drug-likeness (QED) is 0.908. The number of carbonyl (C=O) groups excluding carboxylic acids is 1. The highest BCUT2D eigenvalue weighted by atomic mass is 19.1. The van der Waals surface area contributed by atoms with Crippen molar-refractivity contribution in [1.29, 1.82) is 0 Å². The number of hydrogen-bond donors (Lipinski definition) is 1. The van der Waals surface area contributed by atoms with Gasteiger partial charge >= 0.3 is 5.97 Å². The Morgan fingerprint density at radius 2 is 1.96 bits per heavy atom. The van der Waals surface area contributed by atoms with Crippen LogP contribution in [0.1, 0.15) is 25.7 Å². The van der Waals surface area contributed by atoms with Crippen LogP contribution in [0.5, 0.6) is 0 Å². The Morgan fingerprint density at radius 1 is 1.24 bits per heavy atom. The van der Waals surface area contributed by atoms with E-state index in [2.05, 4.69) is 0 Å². The molecular weight excluding hydrogens is 330 g/mol. The zero-order valence-corrected chi connectivity index (χ0v) is 13.8. The summed E-state index contributed by atoms with van der Waals surface area (Å²) in [6.45, 7) is 1.15. The first kappa shape index (κ1) is 16.4. The molecule has 3 fully saturated rings. The minimum atomic E-state index is -0.792. The van der Waals surface area contributed by atoms with Gasteiger partial charge in [0.15, 0.2) is 0 Å². The molecule has 0 radical (unpaired) electrons. The lowest BCUT2D eigenvalue weighted by Gasteiger charge is -2.26. The summed E-state index contributed by atoms with van der Waals surface area (Å²) >= 11 is 0. The lowest BCUT2D eigenvalue weighted by molar-refractivity contribution is -0.149. The molecule has 4 rings (SSSR count). The van der Waals surface area contributed by atoms with Crippen molar-refractivity contribution in [3.8, 4) is 0 Å². The molecule has 0 spiro atoms. The second-order valence-corrected chi connectivity index (χ2v) is 7.34. The summed E-state index contributed by atoms with van der Waals surface area (Å²) in [4.78, 5) is 27.7. The summed E-state index contributed by atoms with van der Waals surface area (Å²) in [5, 5.41) is 9.68. The fraction of sp³-hybridized carbons (Fsp3) is 0.556. The fourth-order valence-electron chi connectivity index (χ4n) is 4.89. The maximum absolute atomic E-state index is 14.0. The fourth-order valence-corrected chi connectivity index (χ4v) is 4.89. The first-order valence-electron chi connectivity index (χ1n) is 8.67. The molecule has 1 aromatic carbocycles. The third-order valence-corrected chi connectivity index (χ3v) is 6.15. The van der Waals surface area contributed by atoms with E-state index >= 15 is 0 Å². The number of carboxylic acid groups (broad SMARTS) is 1. The van der Waals surface area contributed by atoms with Crippen molar-refractivity contribution in [3.63, 3.8) is 0 Å². The smallest absolute Gasteiger partial charge is 0.311 e. The molecule has 2 heterocycles. The van der Waals surface area contributed by atoms with Crippen molar-refractivity contribution < 1.29 is 23.5 Å². The molecule has 1 N–H and O–H groups in total. The lowest BCUT2D eigenvalue weighted by Crippen LogP contribution is -2.43. The number of amides is 1. The van der Waals surface area contributed by atoms with Gasteiger partial charge in [0.05, 0.1) is 11.5 Å². The first-order chi connectivity index (χ1) is 11.9. The lowest BCUT2D eigenvalue weighted by atomic mass is 9.81. The summed E-state index contributed by atoms with van der Waals surface area (Å²) in [7, 11) is 0. The monoisotopic (exact) mass is 350 g/mol. The van der Waals surface area contributed by atoms with E-state index in [4.69, 9.17) is 0 Å². The van der Waals surface area contributed by atoms with E-state index in [-0.39, 0.29) is 24.1 Å². The molecule has 2 aliphatic heterocycles. The Bertz CT molecular complexity index is 721. The molecule has 1 saturated carbocycles. The minimum absolute atomic E-state index is 0.0528. The van der Waals surface area contributed by atoms with Gasteiger partial charge in [0.2, 0.25) is 5.91 Å². The van der Waals surface area contributed by atoms with Crippen LogP contribution in [0.3, 0.4) is 0 Å². The van der Waals surface area contributed by atoms with Crippen molar-refractivity contribution >= 4 is 17.6 Å². The van der Waals surface area contributed by atoms with Crippen molar-refractivity contribution in [1.82, 2.24) is 4.90 Å². The molecule has 2 saturated heterocycles. The Morgan fingerprint density at radius 3 is 2.60 bits per heavy atom. The molecule has 0 bridgehead atoms. The van der Waals surface area contributed by atoms with Crippen LogP contribution in [0.2, 0.25) is 0 Å². The van der Waals surface area contributed by atoms with Crippen molar-refractivity contribution in [2.24, 2.45) is 11.3 Å². The standard InChI is InChI=1S/C18H20F2N2O3/c19-12-4-1-5-13(20)15(12)22-8-6-14(16(22)23)21-9-11-3-2-7-18(11,10-21)17(24)25/h1,4-5,11,14H,2-3,6-10H2,(H,24,25)/t11-,14?,18+/m0/s1. The Labute approximate surface area is 144 Å². The average Bonchev–Trinajstić information content (AvgIpc) is 3.20. The molecule has 134 valence electrons. The van der Waals surface area contributed by atoms with E-state index in [1.54, 1.807) is 0 Å². The van der Waals surface area contributed by atoms with E-state index < -0.39 is 29.1 Å². The van der Waals surface area contributed by atoms with Crippen LogP contribution in [0.15, 0.2) is 18.2 Å². The number of para-hydroxylation sites is 1. The van der Waals surface area contributed by atoms with Crippen molar-refractivity contribution in [2.45, 2.75) is 31.7 Å². The van der Waals surface area contributed by atoms with Gasteiger partial charge in [-0.15, -0.1) is 0 Å². The molecule has 25 heavy (non-hydrogen) atoms. The number of hydrogen-bond acceptors (Lipinski definition) is 3. The van der Waals surface area contributed by atoms with Crippen LogP contribution in [0.25, 0.3) is 0 Å². The predicted molar refractivity (Wildman–Crippen MR) is 86.1 cm³/mol. The summed E-state index contributed by atoms with van der Waals surface area (Å²) in [6, 6.07) is 3.04. The van der Waals surface area contributed by atoms with E-state index in [1.165, 1.54) is 6.07 Å². The Kier molecular flexibility index (Phi) is 3.79. The number of fused-ring (bicyclic) bond motifs is 1. The summed E-state index contributed by atoms with van der Waals surface area (Å²) in [5.41, 5.74) is -1.07. The maximum atomic E-state index is 14.0. The normalized spacial score (nSPS) is 32.4. The van der Waals surface area contributed by atoms with Crippen LogP contribution in [0, 0.1) is 23.0 Å². The zero-order chi connectivity index (χ0) is 17.8. The van der Waals surface area contributed by atoms with Crippen LogP contribution in [-0.2, 0) is 9.59 Å². The molecule has 1 aliphatic carbocycles. The number of anilines is 1. The third kappa shape index (κ3) is 2.36. The first-order valence-corrected chi connectivity index (χ1v) is 8.67. The highest BCUT2D eigenvalue weighted by Crippen LogP contribution is 2.50. The zero-order valence-electron chi connectivity index (χ0n) is 13.8. The predicted octanol–water partition coefficient (Wildman–Crippen LogP) is 2.26. The van der Waals surface area contributed by atoms with Crippen LogP contribution in [0.4, 0.5) is 14.5 Å². The number of nitrogens with zero attached hydrogens (tertiary/aromatic N) is 2. The minimum Gasteiger partial charge on any atom is -0.481 e. The number of halogens is 2. The number of likely N-dealkylation sites (tertiary alicyclic amines) is 1. The SMILES string of the molecule is O=C1C(N2C[C@@H]3CCC[C@@]3(C(=O)O)C2)CCN1c1c(F)cccc1F. The van der Waals surface area contributed by atoms with Gasteiger partial charge in [-0.25, -0.2) is 8.78 Å². The van der Waals surface area contributed by atoms with Gasteiger partial charge in [-0.05, 0) is 37.3 Å². The average molecular weight is 350 g/mol. The highest BCUT2D eigenvalue weighted by molar-refractivity contribution is 5.99. The molecule has 3 aliphatic rings. The van der Waals surface area contributed by atoms with Gasteiger partial charge in [0.25, 0.3) is 0 Å². The molecule has 1 aromatic rings. The molecule has 7 heteroatoms. The summed E-state index contributed by atoms with van der Waals surface area (Å²) in [5.74, 6) is -2.59. The molecule has 1 unspecified atom stereocenters. The Balaban J connectivity index is 1.56. The second-order valence-electron chi connectivity index (χ2n) is 7.34. The van der Waals surface area contributed by atoms with Gasteiger partial charge in [-0.2, -0.15) is 0 Å². The van der Waals surface area contributed by atoms with Crippen LogP contribution >= 0.6 is 0 Å². The van der Waals surface area contributed by atoms with E-state index in [1.807, 2.05) is 4.90 Å².